The first-order valence-corrected chi connectivity index (χ1v) is 18.4. The number of benzene rings is 3. The number of aromatic amines is 2. The van der Waals surface area contributed by atoms with E-state index < -0.39 is 24.3 Å². The van der Waals surface area contributed by atoms with E-state index in [0.717, 1.165) is 63.1 Å². The molecule has 5 aromatic rings. The van der Waals surface area contributed by atoms with Crippen molar-refractivity contribution >= 4 is 34.8 Å². The highest BCUT2D eigenvalue weighted by atomic mass is 16.5. The Bertz CT molecular complexity index is 2180. The summed E-state index contributed by atoms with van der Waals surface area (Å²) in [4.78, 5) is 69.3. The number of H-pyrrole nitrogens is 2. The maximum Gasteiger partial charge on any atom is 0.407 e. The van der Waals surface area contributed by atoms with Gasteiger partial charge in [-0.05, 0) is 87.1 Å². The van der Waals surface area contributed by atoms with Gasteiger partial charge in [0.25, 0.3) is 0 Å². The Hall–Kier alpha value is -6.18. The smallest absolute Gasteiger partial charge is 0.407 e. The van der Waals surface area contributed by atoms with Crippen molar-refractivity contribution in [3.05, 3.63) is 84.7 Å². The summed E-state index contributed by atoms with van der Waals surface area (Å²) < 4.78 is 9.31. The van der Waals surface area contributed by atoms with E-state index in [0.29, 0.717) is 12.4 Å². The van der Waals surface area contributed by atoms with Gasteiger partial charge in [0.05, 0.1) is 50.1 Å². The van der Waals surface area contributed by atoms with Gasteiger partial charge in [0, 0.05) is 18.2 Å². The summed E-state index contributed by atoms with van der Waals surface area (Å²) in [5.74, 6) is 0.953. The Balaban J connectivity index is 1.13. The van der Waals surface area contributed by atoms with Gasteiger partial charge in [0.2, 0.25) is 11.8 Å². The van der Waals surface area contributed by atoms with Crippen LogP contribution in [-0.2, 0) is 19.1 Å². The Morgan fingerprint density at radius 2 is 1.31 bits per heavy atom. The highest BCUT2D eigenvalue weighted by Crippen LogP contribution is 2.34. The van der Waals surface area contributed by atoms with Crippen LogP contribution in [0.2, 0.25) is 0 Å². The van der Waals surface area contributed by atoms with Crippen LogP contribution < -0.4 is 10.6 Å². The van der Waals surface area contributed by atoms with Crippen LogP contribution in [0.1, 0.15) is 71.2 Å². The molecule has 14 nitrogen and oxygen atoms in total. The second-order valence-electron chi connectivity index (χ2n) is 14.1. The van der Waals surface area contributed by atoms with Gasteiger partial charge in [0.1, 0.15) is 23.7 Å². The van der Waals surface area contributed by atoms with Crippen LogP contribution in [0.3, 0.4) is 0 Å². The maximum absolute atomic E-state index is 13.3. The molecule has 288 valence electrons. The number of methoxy groups -OCH3 is 2. The Labute approximate surface area is 320 Å². The zero-order valence-corrected chi connectivity index (χ0v) is 32.2. The molecular weight excluding hydrogens is 701 g/mol. The van der Waals surface area contributed by atoms with Crippen LogP contribution >= 0.6 is 0 Å². The molecule has 1 aliphatic heterocycles. The summed E-state index contributed by atoms with van der Waals surface area (Å²) in [6.45, 7) is 9.65. The van der Waals surface area contributed by atoms with Gasteiger partial charge >= 0.3 is 12.2 Å². The lowest BCUT2D eigenvalue weighted by atomic mass is 9.98. The van der Waals surface area contributed by atoms with Gasteiger partial charge in [-0.3, -0.25) is 9.59 Å². The number of rotatable bonds is 11. The van der Waals surface area contributed by atoms with Gasteiger partial charge in [-0.2, -0.15) is 0 Å². The fourth-order valence-electron chi connectivity index (χ4n) is 7.19. The predicted molar refractivity (Wildman–Crippen MR) is 209 cm³/mol. The lowest BCUT2D eigenvalue weighted by Crippen LogP contribution is -2.50. The third kappa shape index (κ3) is 8.32. The van der Waals surface area contributed by atoms with E-state index in [-0.39, 0.29) is 29.9 Å². The Morgan fingerprint density at radius 3 is 1.96 bits per heavy atom. The summed E-state index contributed by atoms with van der Waals surface area (Å²) in [6.07, 6.45) is 3.91. The molecule has 2 aromatic heterocycles. The minimum Gasteiger partial charge on any atom is -0.453 e. The number of likely N-dealkylation sites (tertiary alicyclic amines) is 1. The number of alkyl carbamates (subject to hydrolysis) is 2. The van der Waals surface area contributed by atoms with Gasteiger partial charge in [-0.15, -0.1) is 0 Å². The molecule has 0 spiro atoms. The number of imidazole rings is 2. The lowest BCUT2D eigenvalue weighted by Gasteiger charge is -2.34. The van der Waals surface area contributed by atoms with Crippen LogP contribution in [0.25, 0.3) is 44.4 Å². The number of carbonyl (C=O) groups excluding carboxylic acids is 4. The lowest BCUT2D eigenvalue weighted by molar-refractivity contribution is -0.137. The predicted octanol–water partition coefficient (Wildman–Crippen LogP) is 6.74. The summed E-state index contributed by atoms with van der Waals surface area (Å²) >= 11 is 0. The minimum absolute atomic E-state index is 0.136. The zero-order chi connectivity index (χ0) is 39.4. The number of hydrogen-bond donors (Lipinski definition) is 4. The van der Waals surface area contributed by atoms with Crippen molar-refractivity contribution < 1.29 is 28.7 Å². The van der Waals surface area contributed by atoms with Crippen LogP contribution in [0.15, 0.2) is 73.1 Å². The molecule has 0 bridgehead atoms. The molecule has 14 heteroatoms. The molecule has 4 atom stereocenters. The molecule has 3 heterocycles. The number of carbonyl (C=O) groups is 4. The van der Waals surface area contributed by atoms with Crippen LogP contribution in [0, 0.1) is 0 Å². The third-order valence-corrected chi connectivity index (χ3v) is 10.1. The Kier molecular flexibility index (Phi) is 11.5. The first-order valence-electron chi connectivity index (χ1n) is 18.4. The van der Waals surface area contributed by atoms with Gasteiger partial charge in [-0.25, -0.2) is 19.6 Å². The van der Waals surface area contributed by atoms with Gasteiger partial charge in [0.15, 0.2) is 0 Å². The summed E-state index contributed by atoms with van der Waals surface area (Å²) in [5, 5.41) is 7.28. The minimum atomic E-state index is -0.762. The average Bonchev–Trinajstić information content (AvgIpc) is 3.99. The van der Waals surface area contributed by atoms with E-state index in [1.807, 2.05) is 20.8 Å². The third-order valence-electron chi connectivity index (χ3n) is 10.1. The van der Waals surface area contributed by atoms with E-state index in [1.165, 1.54) is 14.2 Å². The SMILES string of the molecule is COC(=O)N[C@@H](C)C(=O)N1CCC[C@H]1c1ncc(-c2ccc(-c3ccc4cc(-c5cnc([C@H](C)N(C(=O)[C@H](C)NC(=O)OC)C(C)C)[nH]5)ccc4c3)cc2)[nH]1. The molecule has 4 N–H and O–H groups in total. The van der Waals surface area contributed by atoms with E-state index in [9.17, 15) is 19.2 Å². The number of nitrogens with one attached hydrogen (secondary N) is 4. The molecule has 1 fully saturated rings. The molecule has 4 amide bonds. The number of ether oxygens (including phenoxy) is 2. The van der Waals surface area contributed by atoms with E-state index in [2.05, 4.69) is 101 Å². The maximum atomic E-state index is 13.3. The molecule has 1 saturated heterocycles. The number of fused-ring (bicyclic) bond motifs is 1. The van der Waals surface area contributed by atoms with Crippen molar-refractivity contribution in [2.24, 2.45) is 0 Å². The molecule has 1 aliphatic rings. The second kappa shape index (κ2) is 16.5. The molecular formula is C41H48N8O6. The molecule has 0 aliphatic carbocycles. The number of nitrogens with zero attached hydrogens (tertiary/aromatic N) is 4. The van der Waals surface area contributed by atoms with Crippen LogP contribution in [0.4, 0.5) is 9.59 Å². The zero-order valence-electron chi connectivity index (χ0n) is 32.2. The second-order valence-corrected chi connectivity index (χ2v) is 14.1. The number of aromatic nitrogens is 4. The van der Waals surface area contributed by atoms with Crippen LogP contribution in [-0.4, -0.2) is 92.6 Å². The molecule has 3 aromatic carbocycles. The van der Waals surface area contributed by atoms with E-state index in [4.69, 9.17) is 0 Å². The Morgan fingerprint density at radius 1 is 0.745 bits per heavy atom. The standard InChI is InChI=1S/C41H48N8O6/c1-23(2)49(39(51)25(4)45-41(53)55-7)26(5)36-42-22-34(46-36)32-17-16-30-19-29(14-15-31(30)20-32)27-10-12-28(13-11-27)33-21-43-37(47-33)35-9-8-18-48(35)38(50)24(3)44-40(52)54-6/h10-17,19-26,35H,8-9,18H2,1-7H3,(H,42,46)(H,43,47)(H,44,52)(H,45,53)/t24-,25-,26-,35-/m0/s1. The average molecular weight is 749 g/mol. The molecule has 55 heavy (non-hydrogen) atoms. The van der Waals surface area contributed by atoms with Crippen molar-refractivity contribution in [2.45, 2.75) is 77.7 Å². The van der Waals surface area contributed by atoms with Gasteiger partial charge < -0.3 is 39.9 Å². The normalized spacial score (nSPS) is 15.7. The van der Waals surface area contributed by atoms with E-state index >= 15 is 0 Å². The molecule has 0 radical (unpaired) electrons. The highest BCUT2D eigenvalue weighted by molar-refractivity contribution is 5.91. The van der Waals surface area contributed by atoms with Crippen molar-refractivity contribution in [1.29, 1.82) is 0 Å². The fourth-order valence-corrected chi connectivity index (χ4v) is 7.19. The fraction of sp³-hybridized carbons (Fsp3) is 0.366. The first kappa shape index (κ1) is 38.5. The van der Waals surface area contributed by atoms with Crippen molar-refractivity contribution in [2.75, 3.05) is 20.8 Å². The number of amides is 4. The highest BCUT2D eigenvalue weighted by Gasteiger charge is 2.35. The molecule has 0 unspecified atom stereocenters. The van der Waals surface area contributed by atoms with Crippen molar-refractivity contribution in [3.8, 4) is 33.6 Å². The molecule has 6 rings (SSSR count). The first-order chi connectivity index (χ1) is 26.4. The topological polar surface area (TPSA) is 175 Å². The monoisotopic (exact) mass is 748 g/mol. The molecule has 0 saturated carbocycles. The van der Waals surface area contributed by atoms with Gasteiger partial charge in [-0.1, -0.05) is 48.5 Å². The van der Waals surface area contributed by atoms with E-state index in [1.54, 1.807) is 36.0 Å². The summed E-state index contributed by atoms with van der Waals surface area (Å²) in [7, 11) is 2.53. The summed E-state index contributed by atoms with van der Waals surface area (Å²) in [5.41, 5.74) is 5.79. The largest absolute Gasteiger partial charge is 0.453 e. The van der Waals surface area contributed by atoms with Crippen LogP contribution in [0.5, 0.6) is 0 Å². The quantitative estimate of drug-likeness (QED) is 0.115. The summed E-state index contributed by atoms with van der Waals surface area (Å²) in [6, 6.07) is 18.7. The van der Waals surface area contributed by atoms with Crippen molar-refractivity contribution in [1.82, 2.24) is 40.4 Å². The van der Waals surface area contributed by atoms with Crippen molar-refractivity contribution in [3.63, 3.8) is 0 Å². The number of hydrogen-bond acceptors (Lipinski definition) is 8.